The Morgan fingerprint density at radius 1 is 1.40 bits per heavy atom. The zero-order valence-corrected chi connectivity index (χ0v) is 17.6. The van der Waals surface area contributed by atoms with Crippen LogP contribution >= 0.6 is 0 Å². The Bertz CT molecular complexity index is 854. The minimum absolute atomic E-state index is 0.113. The van der Waals surface area contributed by atoms with Crippen molar-refractivity contribution in [1.82, 2.24) is 10.3 Å². The second-order valence-electron chi connectivity index (χ2n) is 7.55. The number of nitrogens with one attached hydrogen (secondary N) is 1. The zero-order valence-electron chi connectivity index (χ0n) is 17.6. The van der Waals surface area contributed by atoms with E-state index in [1.807, 2.05) is 6.92 Å². The molecule has 10 heteroatoms. The Balaban J connectivity index is 2.42. The number of nitrogens with two attached hydrogens (primary N) is 2. The lowest BCUT2D eigenvalue weighted by atomic mass is 9.90. The molecule has 0 radical (unpaired) electrons. The summed E-state index contributed by atoms with van der Waals surface area (Å²) in [6.45, 7) is 6.50. The largest absolute Gasteiger partial charge is 0.480 e. The van der Waals surface area contributed by atoms with Crippen molar-refractivity contribution in [2.45, 2.75) is 52.3 Å². The van der Waals surface area contributed by atoms with Crippen molar-refractivity contribution in [3.05, 3.63) is 35.5 Å². The minimum atomic E-state index is -1.09. The molecule has 1 aliphatic rings. The number of carbonyl (C=O) groups excluding carboxylic acids is 2. The average molecular weight is 419 g/mol. The number of nitrogens with zero attached hydrogens (tertiary/aromatic N) is 2. The van der Waals surface area contributed by atoms with E-state index < -0.39 is 24.6 Å². The summed E-state index contributed by atoms with van der Waals surface area (Å²) in [5.74, 6) is 4.44. The topological polar surface area (TPSA) is 151 Å². The molecule has 0 bridgehead atoms. The molecule has 0 saturated heterocycles. The first-order chi connectivity index (χ1) is 14.0. The first-order valence-corrected chi connectivity index (χ1v) is 9.61. The van der Waals surface area contributed by atoms with Crippen LogP contribution in [0.3, 0.4) is 0 Å². The normalized spacial score (nSPS) is 18.6. The zero-order chi connectivity index (χ0) is 22.6. The van der Waals surface area contributed by atoms with Crippen molar-refractivity contribution in [2.24, 2.45) is 11.6 Å². The van der Waals surface area contributed by atoms with Crippen LogP contribution in [0.5, 0.6) is 0 Å². The molecule has 10 nitrogen and oxygen atoms in total. The van der Waals surface area contributed by atoms with Gasteiger partial charge in [0, 0.05) is 24.9 Å². The molecule has 30 heavy (non-hydrogen) atoms. The van der Waals surface area contributed by atoms with Gasteiger partial charge in [0.05, 0.1) is 17.8 Å². The van der Waals surface area contributed by atoms with Crippen molar-refractivity contribution in [2.75, 3.05) is 11.4 Å². The molecular formula is C20H29N5O5. The lowest BCUT2D eigenvalue weighted by molar-refractivity contribution is -0.137. The highest BCUT2D eigenvalue weighted by molar-refractivity contribution is 5.94. The quantitative estimate of drug-likeness (QED) is 0.400. The van der Waals surface area contributed by atoms with Gasteiger partial charge in [0.15, 0.2) is 0 Å². The summed E-state index contributed by atoms with van der Waals surface area (Å²) in [5.41, 5.74) is 8.30. The molecule has 1 aliphatic heterocycles. The van der Waals surface area contributed by atoms with Crippen molar-refractivity contribution >= 4 is 29.4 Å². The number of ether oxygens (including phenoxy) is 1. The molecule has 1 heterocycles. The maximum atomic E-state index is 12.2. The summed E-state index contributed by atoms with van der Waals surface area (Å²) in [6.07, 6.45) is 0.996. The van der Waals surface area contributed by atoms with Crippen LogP contribution in [0.2, 0.25) is 0 Å². The fraction of sp³-hybridized carbons (Fsp3) is 0.450. The maximum absolute atomic E-state index is 12.2. The Morgan fingerprint density at radius 2 is 2.07 bits per heavy atom. The number of anilines is 1. The number of alkyl carbamates (subject to hydrolysis) is 1. The molecule has 2 amide bonds. The summed E-state index contributed by atoms with van der Waals surface area (Å²) in [4.78, 5) is 36.9. The summed E-state index contributed by atoms with van der Waals surface area (Å²) >= 11 is 0. The number of benzene rings is 1. The molecule has 0 unspecified atom stereocenters. The van der Waals surface area contributed by atoms with Gasteiger partial charge in [-0.25, -0.2) is 10.6 Å². The first kappa shape index (κ1) is 23.0. The number of amides is 2. The number of hydrogen-bond donors (Lipinski definition) is 4. The molecule has 0 spiro atoms. The predicted octanol–water partition coefficient (Wildman–Crippen LogP) is 1.52. The molecule has 1 aromatic carbocycles. The van der Waals surface area contributed by atoms with E-state index in [-0.39, 0.29) is 23.8 Å². The summed E-state index contributed by atoms with van der Waals surface area (Å²) < 4.78 is 5.20. The lowest BCUT2D eigenvalue weighted by Gasteiger charge is -2.39. The highest BCUT2D eigenvalue weighted by atomic mass is 16.6. The molecule has 2 rings (SSSR count). The monoisotopic (exact) mass is 419 g/mol. The summed E-state index contributed by atoms with van der Waals surface area (Å²) in [6, 6.07) is 4.71. The fourth-order valence-electron chi connectivity index (χ4n) is 3.51. The van der Waals surface area contributed by atoms with Gasteiger partial charge in [-0.05, 0) is 50.5 Å². The predicted molar refractivity (Wildman–Crippen MR) is 112 cm³/mol. The van der Waals surface area contributed by atoms with Crippen molar-refractivity contribution in [3.63, 3.8) is 0 Å². The van der Waals surface area contributed by atoms with E-state index in [4.69, 9.17) is 21.4 Å². The van der Waals surface area contributed by atoms with Gasteiger partial charge in [0.25, 0.3) is 0 Å². The first-order valence-electron chi connectivity index (χ1n) is 9.61. The van der Waals surface area contributed by atoms with Gasteiger partial charge in [-0.1, -0.05) is 6.07 Å². The molecule has 0 aliphatic carbocycles. The van der Waals surface area contributed by atoms with Crippen LogP contribution in [0.1, 0.15) is 51.3 Å². The van der Waals surface area contributed by atoms with E-state index in [0.29, 0.717) is 23.2 Å². The van der Waals surface area contributed by atoms with Crippen molar-refractivity contribution in [3.8, 4) is 0 Å². The van der Waals surface area contributed by atoms with Crippen LogP contribution in [0.25, 0.3) is 5.70 Å². The Labute approximate surface area is 175 Å². The van der Waals surface area contributed by atoms with Gasteiger partial charge in [-0.15, -0.1) is 0 Å². The van der Waals surface area contributed by atoms with Crippen LogP contribution in [0.15, 0.2) is 24.4 Å². The number of carboxylic acids is 1. The number of carbonyl (C=O) groups is 3. The lowest BCUT2D eigenvalue weighted by Crippen LogP contribution is -2.45. The number of aliphatic carboxylic acids is 1. The van der Waals surface area contributed by atoms with E-state index in [1.54, 1.807) is 36.9 Å². The van der Waals surface area contributed by atoms with Crippen molar-refractivity contribution in [1.29, 1.82) is 0 Å². The standard InChI is InChI=1S/C20H29N5O5/c1-11(2)30-20(29)23-17-7-12(3)25(13(4)26)18-6-5-14(8-15(17)18)16(21)9-24(22)10-19(27)28/h5-6,8-9,11-12,17H,7,10,21-22H2,1-4H3,(H,23,29)(H,27,28)/b16-9-/t12-,17+/m0/s1. The molecule has 0 saturated carbocycles. The Kier molecular flexibility index (Phi) is 7.28. The SMILES string of the molecule is CC(=O)N1c2ccc(/C(N)=C/N(N)CC(=O)O)cc2[C@H](NC(=O)OC(C)C)C[C@@H]1C. The number of hydrazine groups is 1. The van der Waals surface area contributed by atoms with Gasteiger partial charge in [0.2, 0.25) is 5.91 Å². The Hall–Kier alpha value is -3.27. The van der Waals surface area contributed by atoms with Gasteiger partial charge >= 0.3 is 12.1 Å². The average Bonchev–Trinajstić information content (AvgIpc) is 2.59. The van der Waals surface area contributed by atoms with Crippen LogP contribution in [0.4, 0.5) is 10.5 Å². The molecule has 164 valence electrons. The molecule has 0 fully saturated rings. The molecular weight excluding hydrogens is 390 g/mol. The van der Waals surface area contributed by atoms with Crippen LogP contribution in [0, 0.1) is 0 Å². The minimum Gasteiger partial charge on any atom is -0.480 e. The van der Waals surface area contributed by atoms with Crippen molar-refractivity contribution < 1.29 is 24.2 Å². The van der Waals surface area contributed by atoms with Gasteiger partial charge < -0.3 is 30.8 Å². The second-order valence-corrected chi connectivity index (χ2v) is 7.55. The molecule has 6 N–H and O–H groups in total. The van der Waals surface area contributed by atoms with Crippen LogP contribution in [-0.2, 0) is 14.3 Å². The van der Waals surface area contributed by atoms with Gasteiger partial charge in [-0.2, -0.15) is 0 Å². The van der Waals surface area contributed by atoms with Crippen LogP contribution < -0.4 is 21.8 Å². The fourth-order valence-corrected chi connectivity index (χ4v) is 3.51. The Morgan fingerprint density at radius 3 is 2.63 bits per heavy atom. The van der Waals surface area contributed by atoms with Gasteiger partial charge in [-0.3, -0.25) is 9.59 Å². The third-order valence-corrected chi connectivity index (χ3v) is 4.61. The van der Waals surface area contributed by atoms with E-state index in [1.165, 1.54) is 13.1 Å². The number of carboxylic acid groups (broad SMARTS) is 1. The van der Waals surface area contributed by atoms with E-state index >= 15 is 0 Å². The summed E-state index contributed by atoms with van der Waals surface area (Å²) in [5, 5.41) is 12.7. The van der Waals surface area contributed by atoms with E-state index in [0.717, 1.165) is 5.01 Å². The second kappa shape index (κ2) is 9.49. The highest BCUT2D eigenvalue weighted by Gasteiger charge is 2.33. The number of fused-ring (bicyclic) bond motifs is 1. The van der Waals surface area contributed by atoms with E-state index in [2.05, 4.69) is 5.32 Å². The number of hydrogen-bond acceptors (Lipinski definition) is 7. The maximum Gasteiger partial charge on any atom is 0.407 e. The highest BCUT2D eigenvalue weighted by Crippen LogP contribution is 2.38. The number of rotatable bonds is 6. The third-order valence-electron chi connectivity index (χ3n) is 4.61. The third kappa shape index (κ3) is 5.63. The molecule has 1 aromatic rings. The van der Waals surface area contributed by atoms with E-state index in [9.17, 15) is 14.4 Å². The molecule has 0 aromatic heterocycles. The molecule has 2 atom stereocenters. The smallest absolute Gasteiger partial charge is 0.407 e. The van der Waals surface area contributed by atoms with Crippen LogP contribution in [-0.4, -0.2) is 46.8 Å². The summed E-state index contributed by atoms with van der Waals surface area (Å²) in [7, 11) is 0. The van der Waals surface area contributed by atoms with Gasteiger partial charge in [0.1, 0.15) is 6.54 Å².